The molecule has 1 aliphatic rings. The zero-order chi connectivity index (χ0) is 17.5. The highest BCUT2D eigenvalue weighted by molar-refractivity contribution is 6.33. The summed E-state index contributed by atoms with van der Waals surface area (Å²) in [6.07, 6.45) is 15.6. The molecule has 0 bridgehead atoms. The Morgan fingerprint density at radius 2 is 2.04 bits per heavy atom. The van der Waals surface area contributed by atoms with Crippen molar-refractivity contribution in [3.05, 3.63) is 60.0 Å². The van der Waals surface area contributed by atoms with Crippen LogP contribution in [0.15, 0.2) is 49.3 Å². The van der Waals surface area contributed by atoms with E-state index in [9.17, 15) is 0 Å². The van der Waals surface area contributed by atoms with Gasteiger partial charge in [0, 0.05) is 30.8 Å². The van der Waals surface area contributed by atoms with E-state index >= 15 is 0 Å². The number of halogens is 1. The molecule has 0 aromatic carbocycles. The Kier molecular flexibility index (Phi) is 3.89. The molecule has 0 spiro atoms. The molecule has 4 aromatic heterocycles. The second-order valence-corrected chi connectivity index (χ2v) is 7.58. The molecule has 26 heavy (non-hydrogen) atoms. The van der Waals surface area contributed by atoms with Crippen LogP contribution in [-0.2, 0) is 6.42 Å². The SMILES string of the molecule is Clc1ncnc2c1ccn2C1CCC(CCc2ccn3ccnc3c2)C1. The van der Waals surface area contributed by atoms with Gasteiger partial charge in [-0.3, -0.25) is 0 Å². The average molecular weight is 366 g/mol. The van der Waals surface area contributed by atoms with Crippen molar-refractivity contribution in [3.8, 4) is 0 Å². The van der Waals surface area contributed by atoms with Gasteiger partial charge in [0.05, 0.1) is 5.39 Å². The van der Waals surface area contributed by atoms with Crippen LogP contribution in [0, 0.1) is 5.92 Å². The van der Waals surface area contributed by atoms with Gasteiger partial charge in [-0.05, 0) is 61.8 Å². The molecule has 4 heterocycles. The largest absolute Gasteiger partial charge is 0.329 e. The van der Waals surface area contributed by atoms with Gasteiger partial charge in [-0.2, -0.15) is 0 Å². The summed E-state index contributed by atoms with van der Waals surface area (Å²) in [4.78, 5) is 12.9. The predicted octanol–water partition coefficient (Wildman–Crippen LogP) is 4.71. The molecule has 0 aliphatic heterocycles. The van der Waals surface area contributed by atoms with Crippen LogP contribution in [0.5, 0.6) is 0 Å². The molecule has 4 aromatic rings. The molecular weight excluding hydrogens is 346 g/mol. The minimum atomic E-state index is 0.512. The molecule has 2 atom stereocenters. The Balaban J connectivity index is 1.27. The average Bonchev–Trinajstić information content (AvgIpc) is 3.38. The molecule has 5 rings (SSSR count). The molecular formula is C20H20ClN5. The molecule has 2 unspecified atom stereocenters. The Bertz CT molecular complexity index is 1070. The molecule has 0 saturated heterocycles. The Hall–Kier alpha value is -2.40. The molecule has 1 fully saturated rings. The highest BCUT2D eigenvalue weighted by atomic mass is 35.5. The lowest BCUT2D eigenvalue weighted by atomic mass is 9.98. The summed E-state index contributed by atoms with van der Waals surface area (Å²) in [7, 11) is 0. The molecule has 6 heteroatoms. The van der Waals surface area contributed by atoms with E-state index in [2.05, 4.69) is 48.4 Å². The fraction of sp³-hybridized carbons (Fsp3) is 0.350. The first-order chi connectivity index (χ1) is 12.8. The van der Waals surface area contributed by atoms with Crippen LogP contribution in [0.25, 0.3) is 16.7 Å². The van der Waals surface area contributed by atoms with Crippen LogP contribution in [-0.4, -0.2) is 23.9 Å². The highest BCUT2D eigenvalue weighted by Gasteiger charge is 2.27. The van der Waals surface area contributed by atoms with Crippen LogP contribution < -0.4 is 0 Å². The third-order valence-corrected chi connectivity index (χ3v) is 5.97. The van der Waals surface area contributed by atoms with Crippen LogP contribution in [0.1, 0.15) is 37.3 Å². The molecule has 132 valence electrons. The lowest BCUT2D eigenvalue weighted by Gasteiger charge is -2.14. The number of nitrogens with zero attached hydrogens (tertiary/aromatic N) is 5. The minimum absolute atomic E-state index is 0.512. The van der Waals surface area contributed by atoms with Crippen molar-refractivity contribution in [2.75, 3.05) is 0 Å². The first-order valence-electron chi connectivity index (χ1n) is 9.16. The minimum Gasteiger partial charge on any atom is -0.329 e. The summed E-state index contributed by atoms with van der Waals surface area (Å²) in [5.74, 6) is 0.755. The molecule has 0 amide bonds. The number of aryl methyl sites for hydroxylation is 1. The van der Waals surface area contributed by atoms with E-state index in [1.165, 1.54) is 31.2 Å². The van der Waals surface area contributed by atoms with Crippen molar-refractivity contribution in [2.24, 2.45) is 5.92 Å². The lowest BCUT2D eigenvalue weighted by molar-refractivity contribution is 0.461. The van der Waals surface area contributed by atoms with Crippen molar-refractivity contribution >= 4 is 28.3 Å². The summed E-state index contributed by atoms with van der Waals surface area (Å²) in [6.45, 7) is 0. The van der Waals surface area contributed by atoms with Crippen molar-refractivity contribution in [1.29, 1.82) is 0 Å². The third-order valence-electron chi connectivity index (χ3n) is 5.67. The van der Waals surface area contributed by atoms with Gasteiger partial charge >= 0.3 is 0 Å². The maximum absolute atomic E-state index is 6.19. The van der Waals surface area contributed by atoms with Crippen LogP contribution in [0.3, 0.4) is 0 Å². The molecule has 5 nitrogen and oxygen atoms in total. The Labute approximate surface area is 156 Å². The van der Waals surface area contributed by atoms with Gasteiger partial charge in [0.1, 0.15) is 22.8 Å². The van der Waals surface area contributed by atoms with Crippen molar-refractivity contribution in [2.45, 2.75) is 38.1 Å². The van der Waals surface area contributed by atoms with E-state index in [4.69, 9.17) is 11.6 Å². The zero-order valence-electron chi connectivity index (χ0n) is 14.4. The first-order valence-corrected chi connectivity index (χ1v) is 9.54. The standard InChI is InChI=1S/C20H20ClN5/c21-19-17-6-9-26(20(17)24-13-23-19)16-4-3-14(11-16)1-2-15-5-8-25-10-7-22-18(25)12-15/h5-10,12-14,16H,1-4,11H2. The monoisotopic (exact) mass is 365 g/mol. The highest BCUT2D eigenvalue weighted by Crippen LogP contribution is 2.39. The molecule has 1 saturated carbocycles. The van der Waals surface area contributed by atoms with Gasteiger partial charge in [0.25, 0.3) is 0 Å². The van der Waals surface area contributed by atoms with Crippen molar-refractivity contribution in [3.63, 3.8) is 0 Å². The molecule has 1 aliphatic carbocycles. The van der Waals surface area contributed by atoms with Crippen molar-refractivity contribution in [1.82, 2.24) is 23.9 Å². The smallest absolute Gasteiger partial charge is 0.145 e. The number of hydrogen-bond donors (Lipinski definition) is 0. The molecule has 0 N–H and O–H groups in total. The first kappa shape index (κ1) is 15.8. The number of fused-ring (bicyclic) bond motifs is 2. The molecule has 0 radical (unpaired) electrons. The summed E-state index contributed by atoms with van der Waals surface area (Å²) >= 11 is 6.19. The van der Waals surface area contributed by atoms with Crippen LogP contribution in [0.4, 0.5) is 0 Å². The Morgan fingerprint density at radius 3 is 3.00 bits per heavy atom. The number of hydrogen-bond acceptors (Lipinski definition) is 3. The van der Waals surface area contributed by atoms with Crippen LogP contribution in [0.2, 0.25) is 5.15 Å². The van der Waals surface area contributed by atoms with Gasteiger partial charge in [0.15, 0.2) is 0 Å². The third kappa shape index (κ3) is 2.76. The van der Waals surface area contributed by atoms with Gasteiger partial charge in [-0.1, -0.05) is 11.6 Å². The summed E-state index contributed by atoms with van der Waals surface area (Å²) in [5.41, 5.74) is 3.36. The number of imidazole rings is 1. The fourth-order valence-electron chi connectivity index (χ4n) is 4.28. The second kappa shape index (κ2) is 6.40. The van der Waals surface area contributed by atoms with E-state index < -0.39 is 0 Å². The van der Waals surface area contributed by atoms with E-state index in [1.54, 1.807) is 6.33 Å². The summed E-state index contributed by atoms with van der Waals surface area (Å²) in [5, 5.41) is 1.49. The fourth-order valence-corrected chi connectivity index (χ4v) is 4.47. The number of pyridine rings is 1. The van der Waals surface area contributed by atoms with E-state index in [1.807, 2.05) is 18.5 Å². The second-order valence-electron chi connectivity index (χ2n) is 7.22. The van der Waals surface area contributed by atoms with Gasteiger partial charge in [0.2, 0.25) is 0 Å². The summed E-state index contributed by atoms with van der Waals surface area (Å²) in [6, 6.07) is 6.95. The predicted molar refractivity (Wildman–Crippen MR) is 102 cm³/mol. The van der Waals surface area contributed by atoms with Gasteiger partial charge < -0.3 is 8.97 Å². The Morgan fingerprint density at radius 1 is 1.08 bits per heavy atom. The summed E-state index contributed by atoms with van der Waals surface area (Å²) < 4.78 is 4.35. The zero-order valence-corrected chi connectivity index (χ0v) is 15.2. The number of aromatic nitrogens is 5. The maximum atomic E-state index is 6.19. The van der Waals surface area contributed by atoms with E-state index in [0.29, 0.717) is 11.2 Å². The quantitative estimate of drug-likeness (QED) is 0.492. The van der Waals surface area contributed by atoms with Crippen LogP contribution >= 0.6 is 11.6 Å². The van der Waals surface area contributed by atoms with E-state index in [0.717, 1.165) is 29.0 Å². The van der Waals surface area contributed by atoms with Crippen molar-refractivity contribution < 1.29 is 0 Å². The lowest BCUT2D eigenvalue weighted by Crippen LogP contribution is -2.06. The van der Waals surface area contributed by atoms with Gasteiger partial charge in [-0.25, -0.2) is 15.0 Å². The maximum Gasteiger partial charge on any atom is 0.145 e. The van der Waals surface area contributed by atoms with Gasteiger partial charge in [-0.15, -0.1) is 0 Å². The van der Waals surface area contributed by atoms with E-state index in [-0.39, 0.29) is 0 Å². The number of rotatable bonds is 4. The topological polar surface area (TPSA) is 48.0 Å². The normalized spacial score (nSPS) is 20.3.